The molecule has 1 aromatic carbocycles. The fourth-order valence-electron chi connectivity index (χ4n) is 2.02. The van der Waals surface area contributed by atoms with Crippen molar-refractivity contribution >= 4 is 11.9 Å². The van der Waals surface area contributed by atoms with E-state index in [1.807, 2.05) is 30.3 Å². The predicted octanol–water partition coefficient (Wildman–Crippen LogP) is 1.71. The van der Waals surface area contributed by atoms with E-state index >= 15 is 0 Å². The van der Waals surface area contributed by atoms with Crippen LogP contribution in [-0.4, -0.2) is 29.6 Å². The zero-order chi connectivity index (χ0) is 15.5. The fraction of sp³-hybridized carbons (Fsp3) is 0.500. The third kappa shape index (κ3) is 8.09. The predicted molar refractivity (Wildman–Crippen MR) is 81.9 cm³/mol. The SMILES string of the molecule is NC(CCc1ccccc1)C(=O)NCCCCCC(=O)O. The number of nitrogens with one attached hydrogen (secondary N) is 1. The number of amides is 1. The summed E-state index contributed by atoms with van der Waals surface area (Å²) in [7, 11) is 0. The topological polar surface area (TPSA) is 92.4 Å². The van der Waals surface area contributed by atoms with Gasteiger partial charge >= 0.3 is 5.97 Å². The lowest BCUT2D eigenvalue weighted by Gasteiger charge is -2.12. The Balaban J connectivity index is 2.09. The number of hydrogen-bond acceptors (Lipinski definition) is 3. The van der Waals surface area contributed by atoms with Crippen molar-refractivity contribution in [2.24, 2.45) is 5.73 Å². The smallest absolute Gasteiger partial charge is 0.303 e. The van der Waals surface area contributed by atoms with Crippen molar-refractivity contribution in [2.45, 2.75) is 44.6 Å². The van der Waals surface area contributed by atoms with Gasteiger partial charge in [0.15, 0.2) is 0 Å². The van der Waals surface area contributed by atoms with Gasteiger partial charge < -0.3 is 16.2 Å². The fourth-order valence-corrected chi connectivity index (χ4v) is 2.02. The first kappa shape index (κ1) is 17.2. The number of carbonyl (C=O) groups excluding carboxylic acids is 1. The van der Waals surface area contributed by atoms with E-state index in [1.165, 1.54) is 5.56 Å². The molecule has 0 spiro atoms. The lowest BCUT2D eigenvalue weighted by atomic mass is 10.1. The lowest BCUT2D eigenvalue weighted by molar-refractivity contribution is -0.137. The highest BCUT2D eigenvalue weighted by Crippen LogP contribution is 2.04. The van der Waals surface area contributed by atoms with E-state index in [0.29, 0.717) is 19.4 Å². The van der Waals surface area contributed by atoms with Gasteiger partial charge in [-0.15, -0.1) is 0 Å². The van der Waals surface area contributed by atoms with Crippen LogP contribution in [0.15, 0.2) is 30.3 Å². The van der Waals surface area contributed by atoms with Gasteiger partial charge in [-0.05, 0) is 31.2 Å². The van der Waals surface area contributed by atoms with Gasteiger partial charge in [-0.2, -0.15) is 0 Å². The van der Waals surface area contributed by atoms with Gasteiger partial charge in [-0.3, -0.25) is 9.59 Å². The number of carbonyl (C=O) groups is 2. The van der Waals surface area contributed by atoms with Gasteiger partial charge in [0.2, 0.25) is 5.91 Å². The minimum atomic E-state index is -0.776. The van der Waals surface area contributed by atoms with Crippen LogP contribution < -0.4 is 11.1 Å². The molecule has 0 aliphatic heterocycles. The van der Waals surface area contributed by atoms with Gasteiger partial charge in [0.05, 0.1) is 6.04 Å². The summed E-state index contributed by atoms with van der Waals surface area (Å²) in [5.74, 6) is -0.911. The molecule has 0 radical (unpaired) electrons. The number of hydrogen-bond donors (Lipinski definition) is 3. The summed E-state index contributed by atoms with van der Waals surface area (Å²) in [5.41, 5.74) is 7.03. The molecule has 0 aromatic heterocycles. The van der Waals surface area contributed by atoms with Gasteiger partial charge in [-0.1, -0.05) is 36.8 Å². The second-order valence-corrected chi connectivity index (χ2v) is 5.13. The molecule has 21 heavy (non-hydrogen) atoms. The zero-order valence-corrected chi connectivity index (χ0v) is 12.3. The second-order valence-electron chi connectivity index (χ2n) is 5.13. The Morgan fingerprint density at radius 2 is 1.86 bits per heavy atom. The molecule has 5 heteroatoms. The maximum Gasteiger partial charge on any atom is 0.303 e. The lowest BCUT2D eigenvalue weighted by Crippen LogP contribution is -2.41. The molecule has 1 rings (SSSR count). The molecular weight excluding hydrogens is 268 g/mol. The number of aryl methyl sites for hydroxylation is 1. The molecule has 0 heterocycles. The molecule has 0 aliphatic rings. The average molecular weight is 292 g/mol. The molecule has 1 amide bonds. The molecule has 5 nitrogen and oxygen atoms in total. The molecule has 1 aromatic rings. The Bertz CT molecular complexity index is 434. The monoisotopic (exact) mass is 292 g/mol. The van der Waals surface area contributed by atoms with Gasteiger partial charge in [0.1, 0.15) is 0 Å². The van der Waals surface area contributed by atoms with Crippen LogP contribution in [0.4, 0.5) is 0 Å². The summed E-state index contributed by atoms with van der Waals surface area (Å²) in [5, 5.41) is 11.3. The number of nitrogens with two attached hydrogens (primary N) is 1. The number of benzene rings is 1. The molecular formula is C16H24N2O3. The third-order valence-electron chi connectivity index (χ3n) is 3.29. The van der Waals surface area contributed by atoms with Crippen molar-refractivity contribution in [3.8, 4) is 0 Å². The Morgan fingerprint density at radius 1 is 1.14 bits per heavy atom. The van der Waals surface area contributed by atoms with Gasteiger partial charge in [0, 0.05) is 13.0 Å². The molecule has 0 aliphatic carbocycles. The van der Waals surface area contributed by atoms with Crippen LogP contribution in [0.2, 0.25) is 0 Å². The summed E-state index contributed by atoms with van der Waals surface area (Å²) < 4.78 is 0. The third-order valence-corrected chi connectivity index (χ3v) is 3.29. The summed E-state index contributed by atoms with van der Waals surface area (Å²) in [6, 6.07) is 9.45. The summed E-state index contributed by atoms with van der Waals surface area (Å²) in [4.78, 5) is 22.1. The van der Waals surface area contributed by atoms with Crippen molar-refractivity contribution < 1.29 is 14.7 Å². The van der Waals surface area contributed by atoms with E-state index in [2.05, 4.69) is 5.32 Å². The number of carboxylic acid groups (broad SMARTS) is 1. The summed E-state index contributed by atoms with van der Waals surface area (Å²) in [6.45, 7) is 0.553. The van der Waals surface area contributed by atoms with E-state index in [4.69, 9.17) is 10.8 Å². The number of unbranched alkanes of at least 4 members (excludes halogenated alkanes) is 2. The van der Waals surface area contributed by atoms with Gasteiger partial charge in [0.25, 0.3) is 0 Å². The molecule has 1 unspecified atom stereocenters. The van der Waals surface area contributed by atoms with Crippen LogP contribution >= 0.6 is 0 Å². The Labute approximate surface area is 125 Å². The number of carboxylic acids is 1. The maximum atomic E-state index is 11.8. The second kappa shape index (κ2) is 9.94. The van der Waals surface area contributed by atoms with Crippen LogP contribution in [0, 0.1) is 0 Å². The maximum absolute atomic E-state index is 11.8. The van der Waals surface area contributed by atoms with Crippen molar-refractivity contribution in [2.75, 3.05) is 6.54 Å². The van der Waals surface area contributed by atoms with Crippen molar-refractivity contribution in [3.05, 3.63) is 35.9 Å². The zero-order valence-electron chi connectivity index (χ0n) is 12.3. The first-order valence-electron chi connectivity index (χ1n) is 7.38. The highest BCUT2D eigenvalue weighted by atomic mass is 16.4. The highest BCUT2D eigenvalue weighted by Gasteiger charge is 2.12. The minimum Gasteiger partial charge on any atom is -0.481 e. The molecule has 0 bridgehead atoms. The number of rotatable bonds is 10. The largest absolute Gasteiger partial charge is 0.481 e. The standard InChI is InChI=1S/C16H24N2O3/c17-14(11-10-13-7-3-1-4-8-13)16(21)18-12-6-2-5-9-15(19)20/h1,3-4,7-8,14H,2,5-6,9-12,17H2,(H,18,21)(H,19,20). The van der Waals surface area contributed by atoms with Crippen LogP contribution in [0.25, 0.3) is 0 Å². The molecule has 116 valence electrons. The van der Waals surface area contributed by atoms with Crippen LogP contribution in [0.5, 0.6) is 0 Å². The van der Waals surface area contributed by atoms with E-state index in [9.17, 15) is 9.59 Å². The average Bonchev–Trinajstić information content (AvgIpc) is 2.48. The summed E-state index contributed by atoms with van der Waals surface area (Å²) >= 11 is 0. The van der Waals surface area contributed by atoms with Crippen molar-refractivity contribution in [1.29, 1.82) is 0 Å². The van der Waals surface area contributed by atoms with E-state index < -0.39 is 12.0 Å². The van der Waals surface area contributed by atoms with Crippen LogP contribution in [-0.2, 0) is 16.0 Å². The van der Waals surface area contributed by atoms with Gasteiger partial charge in [-0.25, -0.2) is 0 Å². The van der Waals surface area contributed by atoms with E-state index in [-0.39, 0.29) is 12.3 Å². The number of aliphatic carboxylic acids is 1. The normalized spacial score (nSPS) is 11.9. The molecule has 1 atom stereocenters. The highest BCUT2D eigenvalue weighted by molar-refractivity contribution is 5.81. The first-order valence-corrected chi connectivity index (χ1v) is 7.38. The molecule has 0 fully saturated rings. The van der Waals surface area contributed by atoms with Crippen molar-refractivity contribution in [3.63, 3.8) is 0 Å². The quantitative estimate of drug-likeness (QED) is 0.572. The minimum absolute atomic E-state index is 0.135. The first-order chi connectivity index (χ1) is 10.1. The molecule has 0 saturated carbocycles. The van der Waals surface area contributed by atoms with Crippen molar-refractivity contribution in [1.82, 2.24) is 5.32 Å². The van der Waals surface area contributed by atoms with E-state index in [0.717, 1.165) is 19.3 Å². The molecule has 0 saturated heterocycles. The van der Waals surface area contributed by atoms with E-state index in [1.54, 1.807) is 0 Å². The Kier molecular flexibility index (Phi) is 8.12. The summed E-state index contributed by atoms with van der Waals surface area (Å²) in [6.07, 6.45) is 3.81. The van der Waals surface area contributed by atoms with Crippen LogP contribution in [0.3, 0.4) is 0 Å². The molecule has 4 N–H and O–H groups in total. The Hall–Kier alpha value is -1.88. The Morgan fingerprint density at radius 3 is 2.52 bits per heavy atom. The van der Waals surface area contributed by atoms with Crippen LogP contribution in [0.1, 0.15) is 37.7 Å².